The molecule has 1 N–H and O–H groups in total. The summed E-state index contributed by atoms with van der Waals surface area (Å²) in [5.74, 6) is -5.73. The molecular weight excluding hydrogens is 465 g/mol. The highest BCUT2D eigenvalue weighted by Crippen LogP contribution is 2.45. The van der Waals surface area contributed by atoms with Crippen LogP contribution >= 0.6 is 15.9 Å². The Morgan fingerprint density at radius 3 is 2.25 bits per heavy atom. The lowest BCUT2D eigenvalue weighted by Crippen LogP contribution is -2.58. The topological polar surface area (TPSA) is 42.8 Å². The van der Waals surface area contributed by atoms with Crippen LogP contribution in [0.5, 0.6) is 11.5 Å². The minimum atomic E-state index is -6.44. The van der Waals surface area contributed by atoms with Gasteiger partial charge in [-0.15, -0.1) is 0 Å². The molecule has 0 unspecified atom stereocenters. The van der Waals surface area contributed by atoms with Gasteiger partial charge in [0.25, 0.3) is 0 Å². The van der Waals surface area contributed by atoms with Gasteiger partial charge >= 0.3 is 18.1 Å². The third-order valence-corrected chi connectivity index (χ3v) is 3.83. The second-order valence-corrected chi connectivity index (χ2v) is 6.34. The van der Waals surface area contributed by atoms with Crippen LogP contribution in [-0.2, 0) is 0 Å². The second kappa shape index (κ2) is 9.66. The molecule has 0 saturated carbocycles. The summed E-state index contributed by atoms with van der Waals surface area (Å²) in [5.41, 5.74) is 0.655. The van der Waals surface area contributed by atoms with Gasteiger partial charge in [-0.25, -0.2) is 5.43 Å². The fourth-order valence-corrected chi connectivity index (χ4v) is 2.39. The Hall–Kier alpha value is -1.72. The summed E-state index contributed by atoms with van der Waals surface area (Å²) >= 11 is 3.21. The van der Waals surface area contributed by atoms with Crippen molar-refractivity contribution in [2.45, 2.75) is 44.8 Å². The Morgan fingerprint density at radius 2 is 1.71 bits per heavy atom. The molecule has 0 aromatic heterocycles. The lowest BCUT2D eigenvalue weighted by Gasteiger charge is -2.27. The van der Waals surface area contributed by atoms with E-state index in [1.54, 1.807) is 6.92 Å². The number of nitrogens with one attached hydrogen (secondary N) is 1. The Bertz CT molecular complexity index is 682. The normalized spacial score (nSPS) is 13.1. The van der Waals surface area contributed by atoms with E-state index in [1.165, 1.54) is 12.1 Å². The summed E-state index contributed by atoms with van der Waals surface area (Å²) in [6, 6.07) is -2.96. The summed E-state index contributed by atoms with van der Waals surface area (Å²) in [6.45, 7) is 4.28. The van der Waals surface area contributed by atoms with Crippen molar-refractivity contribution in [3.63, 3.8) is 0 Å². The zero-order valence-electron chi connectivity index (χ0n) is 14.8. The van der Waals surface area contributed by atoms with Crippen LogP contribution in [-0.4, -0.2) is 37.6 Å². The van der Waals surface area contributed by atoms with Crippen LogP contribution in [0.1, 0.15) is 32.3 Å². The third kappa shape index (κ3) is 5.89. The summed E-state index contributed by atoms with van der Waals surface area (Å²) in [6.07, 6.45) is -4.13. The number of hydrazone groups is 1. The summed E-state index contributed by atoms with van der Waals surface area (Å²) in [5, 5.41) is 2.82. The number of ether oxygens (including phenoxy) is 2. The maximum absolute atomic E-state index is 13.2. The maximum Gasteiger partial charge on any atom is 0.462 e. The number of nitrogens with zero attached hydrogens (tertiary/aromatic N) is 1. The van der Waals surface area contributed by atoms with Gasteiger partial charge < -0.3 is 9.47 Å². The molecule has 0 atom stereocenters. The number of hydrogen-bond acceptors (Lipinski definition) is 4. The molecule has 160 valence electrons. The van der Waals surface area contributed by atoms with Crippen molar-refractivity contribution < 1.29 is 40.2 Å². The minimum Gasteiger partial charge on any atom is -0.490 e. The fraction of sp³-hybridized carbons (Fsp3) is 0.562. The lowest BCUT2D eigenvalue weighted by atomic mass is 10.2. The van der Waals surface area contributed by atoms with Gasteiger partial charge in [0.05, 0.1) is 23.9 Å². The fourth-order valence-electron chi connectivity index (χ4n) is 1.82. The summed E-state index contributed by atoms with van der Waals surface area (Å²) < 4.78 is 99.5. The molecule has 0 aliphatic heterocycles. The molecule has 0 heterocycles. The van der Waals surface area contributed by atoms with Crippen LogP contribution in [0.25, 0.3) is 0 Å². The van der Waals surface area contributed by atoms with Gasteiger partial charge in [0.15, 0.2) is 11.5 Å². The zero-order chi connectivity index (χ0) is 21.6. The molecule has 1 rings (SSSR count). The van der Waals surface area contributed by atoms with Crippen LogP contribution in [0.3, 0.4) is 0 Å². The van der Waals surface area contributed by atoms with Crippen molar-refractivity contribution in [1.82, 2.24) is 5.43 Å². The smallest absolute Gasteiger partial charge is 0.462 e. The van der Waals surface area contributed by atoms with Crippen molar-refractivity contribution in [3.05, 3.63) is 22.2 Å². The molecule has 12 heteroatoms. The zero-order valence-corrected chi connectivity index (χ0v) is 16.4. The average Bonchev–Trinajstić information content (AvgIpc) is 2.56. The first-order valence-corrected chi connectivity index (χ1v) is 8.88. The monoisotopic (exact) mass is 482 g/mol. The number of hydrogen-bond donors (Lipinski definition) is 1. The predicted octanol–water partition coefficient (Wildman–Crippen LogP) is 5.74. The summed E-state index contributed by atoms with van der Waals surface area (Å²) in [7, 11) is 0. The van der Waals surface area contributed by atoms with Crippen molar-refractivity contribution in [2.24, 2.45) is 5.10 Å². The Balaban J connectivity index is 3.02. The first-order valence-electron chi connectivity index (χ1n) is 8.09. The molecule has 0 aliphatic rings. The molecule has 0 aliphatic carbocycles. The standard InChI is InChI=1S/C16H18BrF7N2O2/c1-3-5-6-28-13-11(17)7-10(8-12(13)27-4-2)9-25-26-16(23,24)14(18,19)15(20,21)22/h7-9,26H,3-6H2,1-2H3/b25-9-. The Morgan fingerprint density at radius 1 is 1.07 bits per heavy atom. The molecule has 0 saturated heterocycles. The highest BCUT2D eigenvalue weighted by molar-refractivity contribution is 9.10. The van der Waals surface area contributed by atoms with E-state index in [2.05, 4.69) is 21.0 Å². The highest BCUT2D eigenvalue weighted by Gasteiger charge is 2.73. The maximum atomic E-state index is 13.2. The molecule has 0 bridgehead atoms. The number of benzene rings is 1. The molecule has 1 aromatic rings. The van der Waals surface area contributed by atoms with Crippen molar-refractivity contribution in [1.29, 1.82) is 0 Å². The second-order valence-electron chi connectivity index (χ2n) is 5.48. The molecule has 0 spiro atoms. The largest absolute Gasteiger partial charge is 0.490 e. The number of unbranched alkanes of at least 4 members (excludes halogenated alkanes) is 1. The van der Waals surface area contributed by atoms with Gasteiger partial charge in [0.2, 0.25) is 0 Å². The van der Waals surface area contributed by atoms with Gasteiger partial charge in [0.1, 0.15) is 0 Å². The average molecular weight is 483 g/mol. The first-order chi connectivity index (χ1) is 12.9. The minimum absolute atomic E-state index is 0.0943. The predicted molar refractivity (Wildman–Crippen MR) is 92.4 cm³/mol. The van der Waals surface area contributed by atoms with E-state index in [0.717, 1.165) is 12.8 Å². The van der Waals surface area contributed by atoms with Gasteiger partial charge in [-0.1, -0.05) is 13.3 Å². The van der Waals surface area contributed by atoms with E-state index in [9.17, 15) is 30.7 Å². The molecular formula is C16H18BrF7N2O2. The molecule has 4 nitrogen and oxygen atoms in total. The van der Waals surface area contributed by atoms with Crippen LogP contribution in [0, 0.1) is 0 Å². The van der Waals surface area contributed by atoms with Crippen molar-refractivity contribution in [2.75, 3.05) is 13.2 Å². The molecule has 1 aromatic carbocycles. The van der Waals surface area contributed by atoms with Crippen LogP contribution in [0.4, 0.5) is 30.7 Å². The van der Waals surface area contributed by atoms with E-state index in [1.807, 2.05) is 6.92 Å². The molecule has 28 heavy (non-hydrogen) atoms. The third-order valence-electron chi connectivity index (χ3n) is 3.24. The van der Waals surface area contributed by atoms with Crippen LogP contribution in [0.15, 0.2) is 21.7 Å². The van der Waals surface area contributed by atoms with E-state index in [4.69, 9.17) is 9.47 Å². The Labute approximate surface area is 165 Å². The SMILES string of the molecule is CCCCOc1c(Br)cc(/C=N\NC(F)(F)C(F)(F)C(F)(F)F)cc1OCC. The molecule has 0 radical (unpaired) electrons. The van der Waals surface area contributed by atoms with Gasteiger partial charge in [-0.05, 0) is 47.0 Å². The van der Waals surface area contributed by atoms with E-state index in [0.29, 0.717) is 28.5 Å². The van der Waals surface area contributed by atoms with Crippen LogP contribution < -0.4 is 14.9 Å². The van der Waals surface area contributed by atoms with Gasteiger partial charge in [0, 0.05) is 0 Å². The van der Waals surface area contributed by atoms with Gasteiger partial charge in [-0.2, -0.15) is 35.8 Å². The lowest BCUT2D eigenvalue weighted by molar-refractivity contribution is -0.361. The molecule has 0 fully saturated rings. The first kappa shape index (κ1) is 24.3. The van der Waals surface area contributed by atoms with Gasteiger partial charge in [-0.3, -0.25) is 0 Å². The van der Waals surface area contributed by atoms with E-state index in [-0.39, 0.29) is 17.9 Å². The van der Waals surface area contributed by atoms with E-state index < -0.39 is 18.1 Å². The summed E-state index contributed by atoms with van der Waals surface area (Å²) in [4.78, 5) is 0. The van der Waals surface area contributed by atoms with E-state index >= 15 is 0 Å². The van der Waals surface area contributed by atoms with Crippen LogP contribution in [0.2, 0.25) is 0 Å². The quantitative estimate of drug-likeness (QED) is 0.152. The number of alkyl halides is 7. The highest BCUT2D eigenvalue weighted by atomic mass is 79.9. The number of rotatable bonds is 10. The Kier molecular flexibility index (Phi) is 8.39. The number of halogens is 8. The van der Waals surface area contributed by atoms with Crippen molar-refractivity contribution >= 4 is 22.1 Å². The van der Waals surface area contributed by atoms with Crippen molar-refractivity contribution in [3.8, 4) is 11.5 Å². The molecule has 0 amide bonds.